The standard InChI is InChI=1S/C14H15NO/c1-11-7-6-10-13(16-2)14(11)15-12-8-4-3-5-9-12/h3-10,15H,1-2H3. The van der Waals surface area contributed by atoms with Gasteiger partial charge in [-0.05, 0) is 30.7 Å². The van der Waals surface area contributed by atoms with Gasteiger partial charge in [0, 0.05) is 5.69 Å². The van der Waals surface area contributed by atoms with Crippen molar-refractivity contribution < 1.29 is 4.74 Å². The Morgan fingerprint density at radius 3 is 2.38 bits per heavy atom. The van der Waals surface area contributed by atoms with Gasteiger partial charge >= 0.3 is 0 Å². The summed E-state index contributed by atoms with van der Waals surface area (Å²) in [6.45, 7) is 2.06. The molecule has 16 heavy (non-hydrogen) atoms. The minimum absolute atomic E-state index is 0.865. The zero-order valence-electron chi connectivity index (χ0n) is 9.53. The van der Waals surface area contributed by atoms with E-state index in [0.29, 0.717) is 0 Å². The first kappa shape index (κ1) is 10.6. The highest BCUT2D eigenvalue weighted by Crippen LogP contribution is 2.30. The Hall–Kier alpha value is -1.96. The Balaban J connectivity index is 2.34. The Morgan fingerprint density at radius 2 is 1.69 bits per heavy atom. The van der Waals surface area contributed by atoms with E-state index in [0.717, 1.165) is 17.1 Å². The first-order valence-corrected chi connectivity index (χ1v) is 5.27. The molecule has 2 nitrogen and oxygen atoms in total. The van der Waals surface area contributed by atoms with E-state index >= 15 is 0 Å². The first-order valence-electron chi connectivity index (χ1n) is 5.27. The molecular formula is C14H15NO. The molecule has 2 rings (SSSR count). The number of methoxy groups -OCH3 is 1. The fourth-order valence-electron chi connectivity index (χ4n) is 1.64. The molecule has 0 heterocycles. The quantitative estimate of drug-likeness (QED) is 0.838. The van der Waals surface area contributed by atoms with Crippen LogP contribution in [0.15, 0.2) is 48.5 Å². The number of rotatable bonds is 3. The van der Waals surface area contributed by atoms with Gasteiger partial charge in [0.1, 0.15) is 5.75 Å². The summed E-state index contributed by atoms with van der Waals surface area (Å²) < 4.78 is 5.34. The van der Waals surface area contributed by atoms with Gasteiger partial charge in [0.15, 0.2) is 0 Å². The van der Waals surface area contributed by atoms with Gasteiger partial charge < -0.3 is 10.1 Å². The third-order valence-electron chi connectivity index (χ3n) is 2.50. The number of hydrogen-bond donors (Lipinski definition) is 1. The van der Waals surface area contributed by atoms with Crippen molar-refractivity contribution in [3.05, 3.63) is 54.1 Å². The van der Waals surface area contributed by atoms with Gasteiger partial charge in [-0.2, -0.15) is 0 Å². The fraction of sp³-hybridized carbons (Fsp3) is 0.143. The predicted octanol–water partition coefficient (Wildman–Crippen LogP) is 3.75. The van der Waals surface area contributed by atoms with Crippen LogP contribution in [-0.4, -0.2) is 7.11 Å². The van der Waals surface area contributed by atoms with E-state index in [1.807, 2.05) is 42.5 Å². The summed E-state index contributed by atoms with van der Waals surface area (Å²) in [4.78, 5) is 0. The molecular weight excluding hydrogens is 198 g/mol. The van der Waals surface area contributed by atoms with Crippen LogP contribution in [0.25, 0.3) is 0 Å². The zero-order valence-corrected chi connectivity index (χ0v) is 9.53. The van der Waals surface area contributed by atoms with Crippen LogP contribution in [0, 0.1) is 6.92 Å². The monoisotopic (exact) mass is 213 g/mol. The normalized spacial score (nSPS) is 9.88. The molecule has 0 fully saturated rings. The molecule has 0 aliphatic carbocycles. The molecule has 0 saturated heterocycles. The molecule has 0 unspecified atom stereocenters. The van der Waals surface area contributed by atoms with E-state index in [2.05, 4.69) is 18.3 Å². The highest BCUT2D eigenvalue weighted by molar-refractivity contribution is 5.69. The van der Waals surface area contributed by atoms with Crippen molar-refractivity contribution in [3.63, 3.8) is 0 Å². The molecule has 0 aliphatic heterocycles. The van der Waals surface area contributed by atoms with Crippen LogP contribution < -0.4 is 10.1 Å². The van der Waals surface area contributed by atoms with Gasteiger partial charge in [0.2, 0.25) is 0 Å². The smallest absolute Gasteiger partial charge is 0.142 e. The van der Waals surface area contributed by atoms with Gasteiger partial charge in [-0.25, -0.2) is 0 Å². The summed E-state index contributed by atoms with van der Waals surface area (Å²) in [5, 5.41) is 3.37. The van der Waals surface area contributed by atoms with E-state index in [4.69, 9.17) is 4.74 Å². The SMILES string of the molecule is COc1cccc(C)c1Nc1ccccc1. The van der Waals surface area contributed by atoms with Crippen LogP contribution in [-0.2, 0) is 0 Å². The second-order valence-corrected chi connectivity index (χ2v) is 3.64. The maximum Gasteiger partial charge on any atom is 0.142 e. The number of para-hydroxylation sites is 2. The van der Waals surface area contributed by atoms with Crippen molar-refractivity contribution in [1.29, 1.82) is 0 Å². The Labute approximate surface area is 95.9 Å². The average molecular weight is 213 g/mol. The molecule has 0 aromatic heterocycles. The summed E-state index contributed by atoms with van der Waals surface area (Å²) in [7, 11) is 1.69. The van der Waals surface area contributed by atoms with E-state index in [-0.39, 0.29) is 0 Å². The van der Waals surface area contributed by atoms with Crippen molar-refractivity contribution >= 4 is 11.4 Å². The molecule has 0 aliphatic rings. The van der Waals surface area contributed by atoms with E-state index in [9.17, 15) is 0 Å². The van der Waals surface area contributed by atoms with Gasteiger partial charge in [-0.1, -0.05) is 30.3 Å². The molecule has 0 saturated carbocycles. The molecule has 0 amide bonds. The third kappa shape index (κ3) is 2.16. The molecule has 82 valence electrons. The number of hydrogen-bond acceptors (Lipinski definition) is 2. The molecule has 0 radical (unpaired) electrons. The Bertz CT molecular complexity index is 465. The predicted molar refractivity (Wildman–Crippen MR) is 67.5 cm³/mol. The zero-order chi connectivity index (χ0) is 11.4. The summed E-state index contributed by atoms with van der Waals surface area (Å²) >= 11 is 0. The van der Waals surface area contributed by atoms with Crippen molar-refractivity contribution in [2.24, 2.45) is 0 Å². The number of benzene rings is 2. The number of anilines is 2. The Morgan fingerprint density at radius 1 is 0.938 bits per heavy atom. The van der Waals surface area contributed by atoms with Gasteiger partial charge in [-0.15, -0.1) is 0 Å². The first-order chi connectivity index (χ1) is 7.81. The summed E-state index contributed by atoms with van der Waals surface area (Å²) in [6, 6.07) is 16.1. The topological polar surface area (TPSA) is 21.3 Å². The molecule has 0 bridgehead atoms. The van der Waals surface area contributed by atoms with Crippen LogP contribution in [0.1, 0.15) is 5.56 Å². The second kappa shape index (κ2) is 4.71. The van der Waals surface area contributed by atoms with Crippen LogP contribution in [0.3, 0.4) is 0 Å². The lowest BCUT2D eigenvalue weighted by Gasteiger charge is -2.13. The van der Waals surface area contributed by atoms with E-state index in [1.165, 1.54) is 5.56 Å². The summed E-state index contributed by atoms with van der Waals surface area (Å²) in [6.07, 6.45) is 0. The minimum atomic E-state index is 0.865. The fourth-order valence-corrected chi connectivity index (χ4v) is 1.64. The molecule has 2 aromatic carbocycles. The van der Waals surface area contributed by atoms with Crippen LogP contribution in [0.4, 0.5) is 11.4 Å². The maximum absolute atomic E-state index is 5.34. The van der Waals surface area contributed by atoms with Crippen LogP contribution >= 0.6 is 0 Å². The number of aryl methyl sites for hydroxylation is 1. The van der Waals surface area contributed by atoms with E-state index < -0.39 is 0 Å². The van der Waals surface area contributed by atoms with E-state index in [1.54, 1.807) is 7.11 Å². The highest BCUT2D eigenvalue weighted by Gasteiger charge is 2.05. The maximum atomic E-state index is 5.34. The molecule has 2 heteroatoms. The number of ether oxygens (including phenoxy) is 1. The molecule has 1 N–H and O–H groups in total. The summed E-state index contributed by atoms with van der Waals surface area (Å²) in [5.41, 5.74) is 3.26. The molecule has 0 atom stereocenters. The Kier molecular flexibility index (Phi) is 3.10. The van der Waals surface area contributed by atoms with Crippen molar-refractivity contribution in [2.45, 2.75) is 6.92 Å². The lowest BCUT2D eigenvalue weighted by Crippen LogP contribution is -1.96. The lowest BCUT2D eigenvalue weighted by molar-refractivity contribution is 0.416. The summed E-state index contributed by atoms with van der Waals surface area (Å²) in [5.74, 6) is 0.865. The van der Waals surface area contributed by atoms with Gasteiger partial charge in [0.25, 0.3) is 0 Å². The van der Waals surface area contributed by atoms with Crippen molar-refractivity contribution in [2.75, 3.05) is 12.4 Å². The highest BCUT2D eigenvalue weighted by atomic mass is 16.5. The largest absolute Gasteiger partial charge is 0.495 e. The molecule has 0 spiro atoms. The van der Waals surface area contributed by atoms with Crippen LogP contribution in [0.2, 0.25) is 0 Å². The van der Waals surface area contributed by atoms with Gasteiger partial charge in [-0.3, -0.25) is 0 Å². The number of nitrogens with one attached hydrogen (secondary N) is 1. The van der Waals surface area contributed by atoms with Crippen molar-refractivity contribution in [1.82, 2.24) is 0 Å². The average Bonchev–Trinajstić information content (AvgIpc) is 2.33. The minimum Gasteiger partial charge on any atom is -0.495 e. The van der Waals surface area contributed by atoms with Crippen molar-refractivity contribution in [3.8, 4) is 5.75 Å². The third-order valence-corrected chi connectivity index (χ3v) is 2.50. The second-order valence-electron chi connectivity index (χ2n) is 3.64. The van der Waals surface area contributed by atoms with Crippen LogP contribution in [0.5, 0.6) is 5.75 Å². The molecule has 2 aromatic rings. The van der Waals surface area contributed by atoms with Gasteiger partial charge in [0.05, 0.1) is 12.8 Å². The lowest BCUT2D eigenvalue weighted by atomic mass is 10.1.